The molecule has 0 aliphatic rings. The van der Waals surface area contributed by atoms with Crippen LogP contribution in [0.5, 0.6) is 5.75 Å². The lowest BCUT2D eigenvalue weighted by molar-refractivity contribution is -0.139. The van der Waals surface area contributed by atoms with Gasteiger partial charge < -0.3 is 9.84 Å². The van der Waals surface area contributed by atoms with Crippen molar-refractivity contribution in [2.75, 3.05) is 6.61 Å². The molecule has 118 valence electrons. The summed E-state index contributed by atoms with van der Waals surface area (Å²) in [6.07, 6.45) is 1.40. The number of halogens is 1. The Labute approximate surface area is 140 Å². The molecule has 0 aliphatic heterocycles. The second kappa shape index (κ2) is 8.09. The number of rotatable bonds is 6. The third-order valence-electron chi connectivity index (χ3n) is 2.73. The highest BCUT2D eigenvalue weighted by Gasteiger charge is 2.05. The second-order valence-electron chi connectivity index (χ2n) is 4.43. The van der Waals surface area contributed by atoms with Gasteiger partial charge in [0.05, 0.1) is 6.21 Å². The summed E-state index contributed by atoms with van der Waals surface area (Å²) in [4.78, 5) is 22.5. The van der Waals surface area contributed by atoms with Crippen LogP contribution >= 0.6 is 15.9 Å². The molecule has 0 spiro atoms. The van der Waals surface area contributed by atoms with Crippen LogP contribution in [0.2, 0.25) is 0 Å². The molecule has 6 nitrogen and oxygen atoms in total. The van der Waals surface area contributed by atoms with E-state index in [9.17, 15) is 9.59 Å². The molecule has 0 saturated heterocycles. The summed E-state index contributed by atoms with van der Waals surface area (Å²) in [7, 11) is 0. The van der Waals surface area contributed by atoms with Crippen LogP contribution in [0.3, 0.4) is 0 Å². The number of para-hydroxylation sites is 1. The number of carboxylic acid groups (broad SMARTS) is 1. The Bertz CT molecular complexity index is 746. The fraction of sp³-hybridized carbons (Fsp3) is 0.0625. The van der Waals surface area contributed by atoms with Crippen LogP contribution in [0.25, 0.3) is 0 Å². The van der Waals surface area contributed by atoms with E-state index in [4.69, 9.17) is 9.84 Å². The van der Waals surface area contributed by atoms with E-state index in [1.54, 1.807) is 42.5 Å². The van der Waals surface area contributed by atoms with Crippen molar-refractivity contribution in [1.29, 1.82) is 0 Å². The molecule has 2 aromatic carbocycles. The molecule has 0 saturated carbocycles. The highest BCUT2D eigenvalue weighted by Crippen LogP contribution is 2.15. The molecule has 0 unspecified atom stereocenters. The van der Waals surface area contributed by atoms with Gasteiger partial charge in [-0.2, -0.15) is 5.10 Å². The molecule has 0 aromatic heterocycles. The summed E-state index contributed by atoms with van der Waals surface area (Å²) in [5.41, 5.74) is 3.43. The van der Waals surface area contributed by atoms with Gasteiger partial charge in [0.2, 0.25) is 0 Å². The average molecular weight is 377 g/mol. The maximum Gasteiger partial charge on any atom is 0.341 e. The molecule has 0 fully saturated rings. The molecule has 23 heavy (non-hydrogen) atoms. The van der Waals surface area contributed by atoms with Gasteiger partial charge in [0, 0.05) is 15.6 Å². The summed E-state index contributed by atoms with van der Waals surface area (Å²) in [6, 6.07) is 13.7. The van der Waals surface area contributed by atoms with E-state index in [0.717, 1.165) is 4.47 Å². The van der Waals surface area contributed by atoms with Crippen molar-refractivity contribution in [3.8, 4) is 5.75 Å². The monoisotopic (exact) mass is 376 g/mol. The molecule has 2 N–H and O–H groups in total. The van der Waals surface area contributed by atoms with Crippen LogP contribution in [-0.2, 0) is 4.79 Å². The molecule has 7 heteroatoms. The third kappa shape index (κ3) is 5.23. The number of hydrazone groups is 1. The molecule has 0 aliphatic carbocycles. The van der Waals surface area contributed by atoms with Crippen molar-refractivity contribution in [2.45, 2.75) is 0 Å². The standard InChI is InChI=1S/C16H13BrN2O4/c17-13-6-3-5-11(8-13)16(22)19-18-9-12-4-1-2-7-14(12)23-10-15(20)21/h1-9H,10H2,(H,19,22)(H,20,21). The molecular weight excluding hydrogens is 364 g/mol. The largest absolute Gasteiger partial charge is 0.481 e. The number of carboxylic acids is 1. The Hall–Kier alpha value is -2.67. The van der Waals surface area contributed by atoms with Crippen molar-refractivity contribution >= 4 is 34.0 Å². The van der Waals surface area contributed by atoms with Crippen LogP contribution in [0.1, 0.15) is 15.9 Å². The van der Waals surface area contributed by atoms with Crippen LogP contribution in [0.15, 0.2) is 58.1 Å². The van der Waals surface area contributed by atoms with E-state index < -0.39 is 12.6 Å². The molecular formula is C16H13BrN2O4. The quantitative estimate of drug-likeness (QED) is 0.599. The molecule has 0 radical (unpaired) electrons. The van der Waals surface area contributed by atoms with Crippen LogP contribution in [0, 0.1) is 0 Å². The Kier molecular flexibility index (Phi) is 5.87. The maximum atomic E-state index is 11.9. The van der Waals surface area contributed by atoms with Gasteiger partial charge in [0.25, 0.3) is 5.91 Å². The predicted octanol–water partition coefficient (Wildman–Crippen LogP) is 2.68. The summed E-state index contributed by atoms with van der Waals surface area (Å²) in [5.74, 6) is -1.05. The van der Waals surface area contributed by atoms with E-state index in [0.29, 0.717) is 16.9 Å². The SMILES string of the molecule is O=C(O)COc1ccccc1C=NNC(=O)c1cccc(Br)c1. The smallest absolute Gasteiger partial charge is 0.341 e. The summed E-state index contributed by atoms with van der Waals surface area (Å²) in [6.45, 7) is -0.449. The molecule has 0 atom stereocenters. The second-order valence-corrected chi connectivity index (χ2v) is 5.35. The number of nitrogens with one attached hydrogen (secondary N) is 1. The number of carbonyl (C=O) groups excluding carboxylic acids is 1. The number of amides is 1. The average Bonchev–Trinajstić information content (AvgIpc) is 2.53. The predicted molar refractivity (Wildman–Crippen MR) is 88.8 cm³/mol. The highest BCUT2D eigenvalue weighted by atomic mass is 79.9. The van der Waals surface area contributed by atoms with Gasteiger partial charge in [-0.25, -0.2) is 10.2 Å². The van der Waals surface area contributed by atoms with Crippen molar-refractivity contribution in [2.24, 2.45) is 5.10 Å². The van der Waals surface area contributed by atoms with Crippen LogP contribution in [0.4, 0.5) is 0 Å². The minimum atomic E-state index is -1.07. The van der Waals surface area contributed by atoms with Crippen LogP contribution < -0.4 is 10.2 Å². The molecule has 0 heterocycles. The normalized spacial score (nSPS) is 10.5. The Morgan fingerprint density at radius 2 is 2.00 bits per heavy atom. The zero-order valence-electron chi connectivity index (χ0n) is 11.9. The Morgan fingerprint density at radius 1 is 1.22 bits per heavy atom. The summed E-state index contributed by atoms with van der Waals surface area (Å²) < 4.78 is 5.94. The molecule has 1 amide bonds. The first-order valence-electron chi connectivity index (χ1n) is 6.59. The first-order valence-corrected chi connectivity index (χ1v) is 7.38. The number of hydrogen-bond donors (Lipinski definition) is 2. The fourth-order valence-corrected chi connectivity index (χ4v) is 2.11. The van der Waals surface area contributed by atoms with Crippen molar-refractivity contribution in [3.05, 3.63) is 64.1 Å². The van der Waals surface area contributed by atoms with E-state index in [1.165, 1.54) is 6.21 Å². The zero-order chi connectivity index (χ0) is 16.7. The van der Waals surface area contributed by atoms with E-state index in [1.807, 2.05) is 6.07 Å². The van der Waals surface area contributed by atoms with Gasteiger partial charge in [-0.3, -0.25) is 4.79 Å². The minimum Gasteiger partial charge on any atom is -0.481 e. The van der Waals surface area contributed by atoms with Gasteiger partial charge in [-0.05, 0) is 30.3 Å². The lowest BCUT2D eigenvalue weighted by Gasteiger charge is -2.06. The van der Waals surface area contributed by atoms with Crippen molar-refractivity contribution < 1.29 is 19.4 Å². The van der Waals surface area contributed by atoms with Gasteiger partial charge in [0.1, 0.15) is 5.75 Å². The van der Waals surface area contributed by atoms with Crippen molar-refractivity contribution in [3.63, 3.8) is 0 Å². The number of hydrogen-bond acceptors (Lipinski definition) is 4. The highest BCUT2D eigenvalue weighted by molar-refractivity contribution is 9.10. The summed E-state index contributed by atoms with van der Waals surface area (Å²) >= 11 is 3.29. The van der Waals surface area contributed by atoms with Crippen LogP contribution in [-0.4, -0.2) is 29.8 Å². The van der Waals surface area contributed by atoms with E-state index in [2.05, 4.69) is 26.5 Å². The molecule has 2 aromatic rings. The Morgan fingerprint density at radius 3 is 2.74 bits per heavy atom. The van der Waals surface area contributed by atoms with Crippen molar-refractivity contribution in [1.82, 2.24) is 5.43 Å². The minimum absolute atomic E-state index is 0.355. The lowest BCUT2D eigenvalue weighted by atomic mass is 10.2. The number of benzene rings is 2. The Balaban J connectivity index is 2.03. The maximum absolute atomic E-state index is 11.9. The summed E-state index contributed by atoms with van der Waals surface area (Å²) in [5, 5.41) is 12.5. The number of carbonyl (C=O) groups is 2. The lowest BCUT2D eigenvalue weighted by Crippen LogP contribution is -2.17. The fourth-order valence-electron chi connectivity index (χ4n) is 1.71. The van der Waals surface area contributed by atoms with Gasteiger partial charge in [-0.15, -0.1) is 0 Å². The van der Waals surface area contributed by atoms with Gasteiger partial charge in [0.15, 0.2) is 6.61 Å². The van der Waals surface area contributed by atoms with E-state index >= 15 is 0 Å². The van der Waals surface area contributed by atoms with E-state index in [-0.39, 0.29) is 5.91 Å². The third-order valence-corrected chi connectivity index (χ3v) is 3.22. The first-order chi connectivity index (χ1) is 11.1. The number of aliphatic carboxylic acids is 1. The topological polar surface area (TPSA) is 88.0 Å². The van der Waals surface area contributed by atoms with Gasteiger partial charge >= 0.3 is 5.97 Å². The molecule has 2 rings (SSSR count). The first kappa shape index (κ1) is 16.7. The zero-order valence-corrected chi connectivity index (χ0v) is 13.5. The van der Waals surface area contributed by atoms with Gasteiger partial charge in [-0.1, -0.05) is 34.1 Å². The number of nitrogens with zero attached hydrogens (tertiary/aromatic N) is 1. The molecule has 0 bridgehead atoms. The number of ether oxygens (including phenoxy) is 1.